The molecule has 5 heteroatoms. The van der Waals surface area contributed by atoms with Gasteiger partial charge in [-0.3, -0.25) is 9.59 Å². The lowest BCUT2D eigenvalue weighted by atomic mass is 10.0. The first-order valence-corrected chi connectivity index (χ1v) is 7.55. The van der Waals surface area contributed by atoms with Crippen LogP contribution < -0.4 is 15.5 Å². The molecule has 2 amide bonds. The van der Waals surface area contributed by atoms with Gasteiger partial charge in [-0.15, -0.1) is 0 Å². The van der Waals surface area contributed by atoms with Gasteiger partial charge in [-0.05, 0) is 57.9 Å². The third kappa shape index (κ3) is 3.59. The van der Waals surface area contributed by atoms with Crippen LogP contribution in [0.3, 0.4) is 0 Å². The van der Waals surface area contributed by atoms with E-state index >= 15 is 0 Å². The van der Waals surface area contributed by atoms with E-state index in [-0.39, 0.29) is 17.4 Å². The van der Waals surface area contributed by atoms with Crippen molar-refractivity contribution in [2.45, 2.75) is 39.2 Å². The second-order valence-corrected chi connectivity index (χ2v) is 7.18. The monoisotopic (exact) mass is 303 g/mol. The lowest BCUT2D eigenvalue weighted by molar-refractivity contribution is -0.135. The SMILES string of the molecule is CN(C)c1ccc(NC(=O)C2(C(=O)NC(C)(C)C)CC2)cc1. The Bertz CT molecular complexity index is 567. The standard InChI is InChI=1S/C17H25N3O2/c1-16(2,3)19-15(22)17(10-11-17)14(21)18-12-6-8-13(9-7-12)20(4)5/h6-9H,10-11H2,1-5H3,(H,18,21)(H,19,22). The van der Waals surface area contributed by atoms with Crippen LogP contribution in [0.15, 0.2) is 24.3 Å². The van der Waals surface area contributed by atoms with E-state index in [4.69, 9.17) is 0 Å². The summed E-state index contributed by atoms with van der Waals surface area (Å²) in [6.45, 7) is 5.75. The number of hydrogen-bond acceptors (Lipinski definition) is 3. The predicted octanol–water partition coefficient (Wildman–Crippen LogP) is 2.39. The fraction of sp³-hybridized carbons (Fsp3) is 0.529. The maximum atomic E-state index is 12.5. The second kappa shape index (κ2) is 5.63. The highest BCUT2D eigenvalue weighted by Crippen LogP contribution is 2.47. The van der Waals surface area contributed by atoms with Gasteiger partial charge in [-0.2, -0.15) is 0 Å². The van der Waals surface area contributed by atoms with E-state index in [1.54, 1.807) is 0 Å². The summed E-state index contributed by atoms with van der Waals surface area (Å²) in [5.41, 5.74) is 0.545. The normalized spacial score (nSPS) is 15.9. The number of carbonyl (C=O) groups is 2. The van der Waals surface area contributed by atoms with Crippen LogP contribution in [0.2, 0.25) is 0 Å². The molecule has 2 N–H and O–H groups in total. The largest absolute Gasteiger partial charge is 0.378 e. The van der Waals surface area contributed by atoms with Gasteiger partial charge in [-0.1, -0.05) is 0 Å². The van der Waals surface area contributed by atoms with Crippen molar-refractivity contribution in [3.8, 4) is 0 Å². The van der Waals surface area contributed by atoms with Gasteiger partial charge in [0, 0.05) is 31.0 Å². The molecule has 5 nitrogen and oxygen atoms in total. The fourth-order valence-electron chi connectivity index (χ4n) is 2.24. The number of nitrogens with one attached hydrogen (secondary N) is 2. The molecule has 0 atom stereocenters. The molecule has 0 heterocycles. The predicted molar refractivity (Wildman–Crippen MR) is 89.0 cm³/mol. The number of hydrogen-bond donors (Lipinski definition) is 2. The Kier molecular flexibility index (Phi) is 4.18. The topological polar surface area (TPSA) is 61.4 Å². The lowest BCUT2D eigenvalue weighted by Gasteiger charge is -2.24. The zero-order valence-electron chi connectivity index (χ0n) is 14.0. The van der Waals surface area contributed by atoms with Gasteiger partial charge in [0.1, 0.15) is 5.41 Å². The molecular formula is C17H25N3O2. The highest BCUT2D eigenvalue weighted by atomic mass is 16.2. The minimum absolute atomic E-state index is 0.178. The number of benzene rings is 1. The highest BCUT2D eigenvalue weighted by Gasteiger charge is 2.57. The molecule has 0 radical (unpaired) electrons. The quantitative estimate of drug-likeness (QED) is 0.840. The molecule has 0 unspecified atom stereocenters. The molecular weight excluding hydrogens is 278 g/mol. The van der Waals surface area contributed by atoms with Crippen LogP contribution in [-0.4, -0.2) is 31.4 Å². The van der Waals surface area contributed by atoms with Crippen LogP contribution >= 0.6 is 0 Å². The van der Waals surface area contributed by atoms with Crippen LogP contribution in [0.25, 0.3) is 0 Å². The molecule has 0 bridgehead atoms. The van der Waals surface area contributed by atoms with Gasteiger partial charge in [0.25, 0.3) is 0 Å². The number of nitrogens with zero attached hydrogens (tertiary/aromatic N) is 1. The third-order valence-electron chi connectivity index (χ3n) is 3.75. The Morgan fingerprint density at radius 2 is 1.59 bits per heavy atom. The highest BCUT2D eigenvalue weighted by molar-refractivity contribution is 6.13. The van der Waals surface area contributed by atoms with E-state index < -0.39 is 5.41 Å². The van der Waals surface area contributed by atoms with Gasteiger partial charge < -0.3 is 15.5 Å². The summed E-state index contributed by atoms with van der Waals surface area (Å²) >= 11 is 0. The van der Waals surface area contributed by atoms with Crippen molar-refractivity contribution in [2.75, 3.05) is 24.3 Å². The Labute approximate surface area is 132 Å². The van der Waals surface area contributed by atoms with E-state index in [9.17, 15) is 9.59 Å². The van der Waals surface area contributed by atoms with E-state index in [2.05, 4.69) is 10.6 Å². The molecule has 1 fully saturated rings. The average Bonchev–Trinajstić information content (AvgIpc) is 3.18. The molecule has 0 aromatic heterocycles. The van der Waals surface area contributed by atoms with Crippen LogP contribution in [0.1, 0.15) is 33.6 Å². The second-order valence-electron chi connectivity index (χ2n) is 7.18. The summed E-state index contributed by atoms with van der Waals surface area (Å²) in [4.78, 5) is 26.8. The van der Waals surface area contributed by atoms with Crippen molar-refractivity contribution < 1.29 is 9.59 Å². The van der Waals surface area contributed by atoms with Crippen molar-refractivity contribution in [2.24, 2.45) is 5.41 Å². The summed E-state index contributed by atoms with van der Waals surface area (Å²) in [6.07, 6.45) is 1.22. The lowest BCUT2D eigenvalue weighted by Crippen LogP contribution is -2.48. The molecule has 22 heavy (non-hydrogen) atoms. The molecule has 1 aromatic rings. The van der Waals surface area contributed by atoms with E-state index in [1.165, 1.54) is 0 Å². The molecule has 120 valence electrons. The summed E-state index contributed by atoms with van der Waals surface area (Å²) < 4.78 is 0. The number of amides is 2. The van der Waals surface area contributed by atoms with Crippen molar-refractivity contribution in [1.29, 1.82) is 0 Å². The van der Waals surface area contributed by atoms with E-state index in [1.807, 2.05) is 64.0 Å². The van der Waals surface area contributed by atoms with Crippen molar-refractivity contribution >= 4 is 23.2 Å². The number of carbonyl (C=O) groups excluding carboxylic acids is 2. The first-order chi connectivity index (χ1) is 10.1. The summed E-state index contributed by atoms with van der Waals surface area (Å²) in [6, 6.07) is 7.57. The maximum Gasteiger partial charge on any atom is 0.240 e. The minimum Gasteiger partial charge on any atom is -0.378 e. The minimum atomic E-state index is -0.895. The van der Waals surface area contributed by atoms with E-state index in [0.717, 1.165) is 5.69 Å². The molecule has 0 saturated heterocycles. The molecule has 0 spiro atoms. The first-order valence-electron chi connectivity index (χ1n) is 7.55. The van der Waals surface area contributed by atoms with Gasteiger partial charge in [0.2, 0.25) is 11.8 Å². The maximum absolute atomic E-state index is 12.5. The van der Waals surface area contributed by atoms with Crippen LogP contribution in [0.5, 0.6) is 0 Å². The fourth-order valence-corrected chi connectivity index (χ4v) is 2.24. The summed E-state index contributed by atoms with van der Waals surface area (Å²) in [7, 11) is 3.92. The number of rotatable bonds is 4. The Morgan fingerprint density at radius 3 is 2.00 bits per heavy atom. The number of anilines is 2. The Hall–Kier alpha value is -2.04. The molecule has 1 aromatic carbocycles. The van der Waals surface area contributed by atoms with Gasteiger partial charge >= 0.3 is 0 Å². The molecule has 1 aliphatic carbocycles. The summed E-state index contributed by atoms with van der Waals surface area (Å²) in [5.74, 6) is -0.394. The molecule has 2 rings (SSSR count). The molecule has 1 saturated carbocycles. The smallest absolute Gasteiger partial charge is 0.240 e. The first kappa shape index (κ1) is 16.3. The van der Waals surface area contributed by atoms with Crippen molar-refractivity contribution in [1.82, 2.24) is 5.32 Å². The average molecular weight is 303 g/mol. The Balaban J connectivity index is 2.04. The van der Waals surface area contributed by atoms with Crippen molar-refractivity contribution in [3.05, 3.63) is 24.3 Å². The van der Waals surface area contributed by atoms with Crippen LogP contribution in [0, 0.1) is 5.41 Å². The molecule has 0 aliphatic heterocycles. The van der Waals surface area contributed by atoms with E-state index in [0.29, 0.717) is 18.5 Å². The zero-order valence-corrected chi connectivity index (χ0v) is 14.0. The van der Waals surface area contributed by atoms with Crippen LogP contribution in [0.4, 0.5) is 11.4 Å². The van der Waals surface area contributed by atoms with Gasteiger partial charge in [-0.25, -0.2) is 0 Å². The van der Waals surface area contributed by atoms with Crippen molar-refractivity contribution in [3.63, 3.8) is 0 Å². The van der Waals surface area contributed by atoms with Gasteiger partial charge in [0.15, 0.2) is 0 Å². The zero-order chi connectivity index (χ0) is 16.5. The Morgan fingerprint density at radius 1 is 1.05 bits per heavy atom. The van der Waals surface area contributed by atoms with Gasteiger partial charge in [0.05, 0.1) is 0 Å². The molecule has 1 aliphatic rings. The third-order valence-corrected chi connectivity index (χ3v) is 3.75. The summed E-state index contributed by atoms with van der Waals surface area (Å²) in [5, 5.41) is 5.77. The van der Waals surface area contributed by atoms with Crippen LogP contribution in [-0.2, 0) is 9.59 Å².